The highest BCUT2D eigenvalue weighted by molar-refractivity contribution is 5.44. The number of hydrogen-bond acceptors (Lipinski definition) is 2. The summed E-state index contributed by atoms with van der Waals surface area (Å²) in [5, 5.41) is 9.47. The molecule has 1 aromatic rings. The molecule has 3 N–H and O–H groups in total. The molecule has 0 spiro atoms. The highest BCUT2D eigenvalue weighted by Gasteiger charge is 2.37. The van der Waals surface area contributed by atoms with Gasteiger partial charge in [0.25, 0.3) is 0 Å². The van der Waals surface area contributed by atoms with Crippen molar-refractivity contribution in [2.24, 2.45) is 11.7 Å². The summed E-state index contributed by atoms with van der Waals surface area (Å²) in [5.41, 5.74) is 3.98. The van der Waals surface area contributed by atoms with Gasteiger partial charge in [-0.2, -0.15) is 13.2 Å². The molecule has 6 heteroatoms. The zero-order valence-electron chi connectivity index (χ0n) is 10.1. The summed E-state index contributed by atoms with van der Waals surface area (Å²) >= 11 is 0. The standard InChI is InChI=1S/C12H15F4NO/c1-6(2)5-9(17)10-7(12(14,15)16)3-4-8(13)11(10)18/h3-4,6,9,18H,5,17H2,1-2H3/t9-/m1/s1. The fourth-order valence-electron chi connectivity index (χ4n) is 1.83. The molecule has 1 atom stereocenters. The van der Waals surface area contributed by atoms with E-state index in [2.05, 4.69) is 0 Å². The highest BCUT2D eigenvalue weighted by Crippen LogP contribution is 2.40. The van der Waals surface area contributed by atoms with Crippen molar-refractivity contribution in [1.29, 1.82) is 0 Å². The maximum absolute atomic E-state index is 13.2. The van der Waals surface area contributed by atoms with E-state index in [0.717, 1.165) is 0 Å². The molecule has 0 heterocycles. The van der Waals surface area contributed by atoms with Crippen molar-refractivity contribution in [1.82, 2.24) is 0 Å². The van der Waals surface area contributed by atoms with Gasteiger partial charge in [0, 0.05) is 11.6 Å². The molecule has 18 heavy (non-hydrogen) atoms. The second-order valence-electron chi connectivity index (χ2n) is 4.59. The summed E-state index contributed by atoms with van der Waals surface area (Å²) in [6.07, 6.45) is -4.45. The average Bonchev–Trinajstić information content (AvgIpc) is 2.18. The molecule has 1 aromatic carbocycles. The van der Waals surface area contributed by atoms with Crippen LogP contribution in [-0.4, -0.2) is 5.11 Å². The first-order valence-corrected chi connectivity index (χ1v) is 5.48. The van der Waals surface area contributed by atoms with E-state index >= 15 is 0 Å². The van der Waals surface area contributed by atoms with E-state index in [1.807, 2.05) is 0 Å². The predicted octanol–water partition coefficient (Wildman–Crippen LogP) is 3.60. The van der Waals surface area contributed by atoms with Crippen molar-refractivity contribution in [2.45, 2.75) is 32.5 Å². The zero-order valence-corrected chi connectivity index (χ0v) is 10.1. The second kappa shape index (κ2) is 5.14. The summed E-state index contributed by atoms with van der Waals surface area (Å²) in [5.74, 6) is -2.08. The Morgan fingerprint density at radius 3 is 2.28 bits per heavy atom. The lowest BCUT2D eigenvalue weighted by Crippen LogP contribution is -2.19. The summed E-state index contributed by atoms with van der Waals surface area (Å²) in [6, 6.07) is 0.131. The minimum absolute atomic E-state index is 0.0313. The van der Waals surface area contributed by atoms with Crippen molar-refractivity contribution < 1.29 is 22.7 Å². The van der Waals surface area contributed by atoms with Gasteiger partial charge in [-0.05, 0) is 24.5 Å². The molecule has 2 nitrogen and oxygen atoms in total. The summed E-state index contributed by atoms with van der Waals surface area (Å²) in [6.45, 7) is 3.56. The summed E-state index contributed by atoms with van der Waals surface area (Å²) < 4.78 is 51.5. The van der Waals surface area contributed by atoms with Crippen LogP contribution in [0, 0.1) is 11.7 Å². The average molecular weight is 265 g/mol. The molecule has 0 aliphatic rings. The lowest BCUT2D eigenvalue weighted by molar-refractivity contribution is -0.138. The van der Waals surface area contributed by atoms with E-state index in [9.17, 15) is 22.7 Å². The monoisotopic (exact) mass is 265 g/mol. The molecule has 0 fully saturated rings. The third-order valence-electron chi connectivity index (χ3n) is 2.57. The van der Waals surface area contributed by atoms with Crippen LogP contribution in [0.25, 0.3) is 0 Å². The Labute approximate surface area is 102 Å². The van der Waals surface area contributed by atoms with Crippen LogP contribution in [0.1, 0.15) is 37.4 Å². The van der Waals surface area contributed by atoms with Gasteiger partial charge in [0.2, 0.25) is 0 Å². The SMILES string of the molecule is CC(C)C[C@@H](N)c1c(C(F)(F)F)ccc(F)c1O. The lowest BCUT2D eigenvalue weighted by atomic mass is 9.93. The Morgan fingerprint density at radius 2 is 1.83 bits per heavy atom. The fourth-order valence-corrected chi connectivity index (χ4v) is 1.83. The van der Waals surface area contributed by atoms with Gasteiger partial charge in [-0.15, -0.1) is 0 Å². The fraction of sp³-hybridized carbons (Fsp3) is 0.500. The van der Waals surface area contributed by atoms with Gasteiger partial charge in [0.05, 0.1) is 5.56 Å². The predicted molar refractivity (Wildman–Crippen MR) is 59.5 cm³/mol. The van der Waals surface area contributed by atoms with E-state index in [0.29, 0.717) is 12.1 Å². The molecule has 102 valence electrons. The van der Waals surface area contributed by atoms with E-state index in [4.69, 9.17) is 5.73 Å². The van der Waals surface area contributed by atoms with Crippen molar-refractivity contribution >= 4 is 0 Å². The number of hydrogen-bond donors (Lipinski definition) is 2. The minimum atomic E-state index is -4.67. The third-order valence-corrected chi connectivity index (χ3v) is 2.57. The van der Waals surface area contributed by atoms with Crippen LogP contribution in [-0.2, 0) is 6.18 Å². The van der Waals surface area contributed by atoms with Gasteiger partial charge in [-0.1, -0.05) is 13.8 Å². The number of phenols is 1. The van der Waals surface area contributed by atoms with E-state index in [1.54, 1.807) is 13.8 Å². The van der Waals surface area contributed by atoms with Crippen molar-refractivity contribution in [2.75, 3.05) is 0 Å². The molecule has 0 aliphatic carbocycles. The maximum Gasteiger partial charge on any atom is 0.416 e. The first kappa shape index (κ1) is 14.8. The largest absolute Gasteiger partial charge is 0.505 e. The highest BCUT2D eigenvalue weighted by atomic mass is 19.4. The third kappa shape index (κ3) is 3.13. The zero-order chi connectivity index (χ0) is 14.1. The minimum Gasteiger partial charge on any atom is -0.505 e. The number of rotatable bonds is 3. The molecule has 0 bridgehead atoms. The van der Waals surface area contributed by atoms with Crippen molar-refractivity contribution in [3.63, 3.8) is 0 Å². The molecule has 0 aliphatic heterocycles. The molecule has 0 radical (unpaired) electrons. The van der Waals surface area contributed by atoms with Gasteiger partial charge < -0.3 is 10.8 Å². The Kier molecular flexibility index (Phi) is 4.21. The van der Waals surface area contributed by atoms with Crippen molar-refractivity contribution in [3.05, 3.63) is 29.1 Å². The molecule has 1 rings (SSSR count). The van der Waals surface area contributed by atoms with Gasteiger partial charge in [-0.3, -0.25) is 0 Å². The number of phenolic OH excluding ortho intramolecular Hbond substituents is 1. The number of aromatic hydroxyl groups is 1. The first-order chi connectivity index (χ1) is 8.14. The van der Waals surface area contributed by atoms with E-state index in [1.165, 1.54) is 0 Å². The molecular formula is C12H15F4NO. The van der Waals surface area contributed by atoms with Gasteiger partial charge in [0.1, 0.15) is 0 Å². The number of nitrogens with two attached hydrogens (primary N) is 1. The lowest BCUT2D eigenvalue weighted by Gasteiger charge is -2.21. The van der Waals surface area contributed by atoms with Gasteiger partial charge in [-0.25, -0.2) is 4.39 Å². The quantitative estimate of drug-likeness (QED) is 0.820. The second-order valence-corrected chi connectivity index (χ2v) is 4.59. The molecule has 0 amide bonds. The number of benzene rings is 1. The topological polar surface area (TPSA) is 46.2 Å². The smallest absolute Gasteiger partial charge is 0.416 e. The molecule has 0 unspecified atom stereocenters. The van der Waals surface area contributed by atoms with Gasteiger partial charge in [0.15, 0.2) is 11.6 Å². The Bertz CT molecular complexity index is 429. The normalized spacial score (nSPS) is 14.0. The van der Waals surface area contributed by atoms with Crippen LogP contribution in [0.4, 0.5) is 17.6 Å². The molecule has 0 aromatic heterocycles. The van der Waals surface area contributed by atoms with Crippen LogP contribution >= 0.6 is 0 Å². The maximum atomic E-state index is 13.2. The van der Waals surface area contributed by atoms with E-state index < -0.39 is 34.9 Å². The van der Waals surface area contributed by atoms with Crippen LogP contribution in [0.2, 0.25) is 0 Å². The Balaban J connectivity index is 3.34. The summed E-state index contributed by atoms with van der Waals surface area (Å²) in [4.78, 5) is 0. The van der Waals surface area contributed by atoms with Crippen LogP contribution in [0.5, 0.6) is 5.75 Å². The molecular weight excluding hydrogens is 250 g/mol. The van der Waals surface area contributed by atoms with Crippen LogP contribution in [0.3, 0.4) is 0 Å². The van der Waals surface area contributed by atoms with E-state index in [-0.39, 0.29) is 12.3 Å². The van der Waals surface area contributed by atoms with Crippen LogP contribution < -0.4 is 5.73 Å². The van der Waals surface area contributed by atoms with Gasteiger partial charge >= 0.3 is 6.18 Å². The number of alkyl halides is 3. The first-order valence-electron chi connectivity index (χ1n) is 5.48. The molecule has 0 saturated carbocycles. The Hall–Kier alpha value is -1.30. The Morgan fingerprint density at radius 1 is 1.28 bits per heavy atom. The summed E-state index contributed by atoms with van der Waals surface area (Å²) in [7, 11) is 0. The van der Waals surface area contributed by atoms with Crippen LogP contribution in [0.15, 0.2) is 12.1 Å². The molecule has 0 saturated heterocycles. The number of halogens is 4. The van der Waals surface area contributed by atoms with Crippen molar-refractivity contribution in [3.8, 4) is 5.75 Å².